The minimum absolute atomic E-state index is 0.0598. The molecule has 0 aromatic heterocycles. The Morgan fingerprint density at radius 2 is 2.09 bits per heavy atom. The second-order valence-electron chi connectivity index (χ2n) is 5.67. The van der Waals surface area contributed by atoms with Gasteiger partial charge in [0.05, 0.1) is 10.1 Å². The van der Waals surface area contributed by atoms with E-state index in [-0.39, 0.29) is 16.1 Å². The summed E-state index contributed by atoms with van der Waals surface area (Å²) in [5.41, 5.74) is 0.902. The predicted octanol–water partition coefficient (Wildman–Crippen LogP) is 1.84. The van der Waals surface area contributed by atoms with Crippen LogP contribution in [-0.2, 0) is 20.6 Å². The highest BCUT2D eigenvalue weighted by molar-refractivity contribution is 7.99. The van der Waals surface area contributed by atoms with Gasteiger partial charge in [0.25, 0.3) is 0 Å². The van der Waals surface area contributed by atoms with Crippen molar-refractivity contribution in [3.05, 3.63) is 29.8 Å². The van der Waals surface area contributed by atoms with Crippen molar-refractivity contribution >= 4 is 27.7 Å². The minimum Gasteiger partial charge on any atom is -0.352 e. The molecule has 22 heavy (non-hydrogen) atoms. The molecule has 122 valence electrons. The Hall–Kier alpha value is -1.05. The fourth-order valence-corrected chi connectivity index (χ4v) is 3.66. The van der Waals surface area contributed by atoms with Crippen LogP contribution in [-0.4, -0.2) is 44.0 Å². The molecule has 0 radical (unpaired) electrons. The van der Waals surface area contributed by atoms with Crippen LogP contribution >= 0.6 is 11.8 Å². The number of benzene rings is 1. The van der Waals surface area contributed by atoms with Crippen LogP contribution in [0.4, 0.5) is 0 Å². The highest BCUT2D eigenvalue weighted by atomic mass is 32.2. The van der Waals surface area contributed by atoms with Crippen LogP contribution in [0, 0.1) is 0 Å². The van der Waals surface area contributed by atoms with E-state index in [0.29, 0.717) is 11.8 Å². The van der Waals surface area contributed by atoms with E-state index in [1.807, 2.05) is 13.0 Å². The Labute approximate surface area is 136 Å². The number of carbonyl (C=O) groups is 1. The molecule has 1 N–H and O–H groups in total. The molecule has 0 heterocycles. The standard InChI is InChI=1S/C15H22N2O3S2/c1-11(15(18)16-13-7-8-13)21-10-12-5-4-6-14(9-12)22(19,20)17(2)3/h4-6,9,11,13H,7-8,10H2,1-3H3,(H,16,18)/t11-/m0/s1. The molecule has 1 aliphatic rings. The van der Waals surface area contributed by atoms with Gasteiger partial charge in [0.1, 0.15) is 0 Å². The van der Waals surface area contributed by atoms with Gasteiger partial charge in [-0.05, 0) is 37.5 Å². The summed E-state index contributed by atoms with van der Waals surface area (Å²) in [5.74, 6) is 0.667. The van der Waals surface area contributed by atoms with Gasteiger partial charge in [-0.3, -0.25) is 4.79 Å². The van der Waals surface area contributed by atoms with Gasteiger partial charge < -0.3 is 5.32 Å². The molecule has 2 rings (SSSR count). The normalized spacial score (nSPS) is 16.5. The molecule has 1 fully saturated rings. The summed E-state index contributed by atoms with van der Waals surface area (Å²) in [5, 5.41) is 2.83. The topological polar surface area (TPSA) is 66.5 Å². The lowest BCUT2D eigenvalue weighted by Gasteiger charge is -2.14. The molecule has 0 aliphatic heterocycles. The zero-order valence-corrected chi connectivity index (χ0v) is 14.7. The first-order valence-electron chi connectivity index (χ1n) is 7.24. The largest absolute Gasteiger partial charge is 0.352 e. The maximum atomic E-state index is 12.1. The van der Waals surface area contributed by atoms with Crippen molar-refractivity contribution in [3.63, 3.8) is 0 Å². The van der Waals surface area contributed by atoms with Crippen LogP contribution in [0.3, 0.4) is 0 Å². The molecule has 1 saturated carbocycles. The number of sulfonamides is 1. The zero-order valence-electron chi connectivity index (χ0n) is 13.1. The van der Waals surface area contributed by atoms with Crippen molar-refractivity contribution in [1.82, 2.24) is 9.62 Å². The van der Waals surface area contributed by atoms with Gasteiger partial charge >= 0.3 is 0 Å². The zero-order chi connectivity index (χ0) is 16.3. The van der Waals surface area contributed by atoms with E-state index < -0.39 is 10.0 Å². The SMILES string of the molecule is C[C@H](SCc1cccc(S(=O)(=O)N(C)C)c1)C(=O)NC1CC1. The summed E-state index contributed by atoms with van der Waals surface area (Å²) in [7, 11) is -0.387. The van der Waals surface area contributed by atoms with E-state index in [9.17, 15) is 13.2 Å². The molecule has 1 aliphatic carbocycles. The number of amides is 1. The third-order valence-corrected chi connectivity index (χ3v) is 6.50. The molecule has 0 spiro atoms. The molecular formula is C15H22N2O3S2. The lowest BCUT2D eigenvalue weighted by Crippen LogP contribution is -2.32. The number of carbonyl (C=O) groups excluding carboxylic acids is 1. The van der Waals surface area contributed by atoms with Crippen LogP contribution in [0.1, 0.15) is 25.3 Å². The first kappa shape index (κ1) is 17.3. The van der Waals surface area contributed by atoms with Crippen LogP contribution in [0.15, 0.2) is 29.2 Å². The second kappa shape index (κ2) is 7.02. The molecule has 1 aromatic carbocycles. The summed E-state index contributed by atoms with van der Waals surface area (Å²) in [6, 6.07) is 7.25. The summed E-state index contributed by atoms with van der Waals surface area (Å²) < 4.78 is 25.4. The predicted molar refractivity (Wildman–Crippen MR) is 89.2 cm³/mol. The molecule has 1 atom stereocenters. The Morgan fingerprint density at radius 1 is 1.41 bits per heavy atom. The number of hydrogen-bond donors (Lipinski definition) is 1. The lowest BCUT2D eigenvalue weighted by atomic mass is 10.2. The van der Waals surface area contributed by atoms with Gasteiger partial charge in [-0.1, -0.05) is 12.1 Å². The van der Waals surface area contributed by atoms with Crippen molar-refractivity contribution in [2.75, 3.05) is 14.1 Å². The van der Waals surface area contributed by atoms with E-state index >= 15 is 0 Å². The number of nitrogens with zero attached hydrogens (tertiary/aromatic N) is 1. The fourth-order valence-electron chi connectivity index (χ4n) is 1.85. The average molecular weight is 342 g/mol. The molecule has 7 heteroatoms. The maximum absolute atomic E-state index is 12.1. The summed E-state index contributed by atoms with van der Waals surface area (Å²) in [6.07, 6.45) is 2.15. The van der Waals surface area contributed by atoms with Crippen molar-refractivity contribution < 1.29 is 13.2 Å². The van der Waals surface area contributed by atoms with Gasteiger partial charge in [-0.25, -0.2) is 12.7 Å². The van der Waals surface area contributed by atoms with Gasteiger partial charge in [0.2, 0.25) is 15.9 Å². The van der Waals surface area contributed by atoms with Gasteiger partial charge in [-0.2, -0.15) is 0 Å². The number of hydrogen-bond acceptors (Lipinski definition) is 4. The van der Waals surface area contributed by atoms with E-state index in [0.717, 1.165) is 18.4 Å². The van der Waals surface area contributed by atoms with Gasteiger partial charge in [0.15, 0.2) is 0 Å². The Kier molecular flexibility index (Phi) is 5.52. The molecule has 1 amide bonds. The second-order valence-corrected chi connectivity index (χ2v) is 9.15. The fraction of sp³-hybridized carbons (Fsp3) is 0.533. The van der Waals surface area contributed by atoms with Crippen LogP contribution < -0.4 is 5.32 Å². The highest BCUT2D eigenvalue weighted by Crippen LogP contribution is 2.23. The number of nitrogens with one attached hydrogen (secondary N) is 1. The van der Waals surface area contributed by atoms with E-state index in [1.54, 1.807) is 18.2 Å². The van der Waals surface area contributed by atoms with Crippen molar-refractivity contribution in [2.45, 2.75) is 41.7 Å². The van der Waals surface area contributed by atoms with Crippen LogP contribution in [0.25, 0.3) is 0 Å². The molecule has 0 saturated heterocycles. The summed E-state index contributed by atoms with van der Waals surface area (Å²) in [6.45, 7) is 1.88. The highest BCUT2D eigenvalue weighted by Gasteiger charge is 2.25. The Bertz CT molecular complexity index is 640. The van der Waals surface area contributed by atoms with E-state index in [2.05, 4.69) is 5.32 Å². The van der Waals surface area contributed by atoms with Crippen molar-refractivity contribution in [1.29, 1.82) is 0 Å². The smallest absolute Gasteiger partial charge is 0.242 e. The van der Waals surface area contributed by atoms with Crippen molar-refractivity contribution in [2.24, 2.45) is 0 Å². The minimum atomic E-state index is -3.42. The quantitative estimate of drug-likeness (QED) is 0.821. The maximum Gasteiger partial charge on any atom is 0.242 e. The van der Waals surface area contributed by atoms with Crippen molar-refractivity contribution in [3.8, 4) is 0 Å². The first-order chi connectivity index (χ1) is 10.3. The van der Waals surface area contributed by atoms with E-state index in [4.69, 9.17) is 0 Å². The molecule has 1 aromatic rings. The van der Waals surface area contributed by atoms with E-state index in [1.165, 1.54) is 30.2 Å². The summed E-state index contributed by atoms with van der Waals surface area (Å²) >= 11 is 1.51. The molecule has 0 bridgehead atoms. The first-order valence-corrected chi connectivity index (χ1v) is 9.73. The average Bonchev–Trinajstić information content (AvgIpc) is 3.28. The third kappa shape index (κ3) is 4.47. The van der Waals surface area contributed by atoms with Crippen LogP contribution in [0.5, 0.6) is 0 Å². The molecule has 0 unspecified atom stereocenters. The summed E-state index contributed by atoms with van der Waals surface area (Å²) in [4.78, 5) is 12.2. The molecular weight excluding hydrogens is 320 g/mol. The Balaban J connectivity index is 1.97. The van der Waals surface area contributed by atoms with Gasteiger partial charge in [-0.15, -0.1) is 11.8 Å². The van der Waals surface area contributed by atoms with Crippen LogP contribution in [0.2, 0.25) is 0 Å². The third-order valence-electron chi connectivity index (χ3n) is 3.47. The number of rotatable bonds is 7. The monoisotopic (exact) mass is 342 g/mol. The van der Waals surface area contributed by atoms with Gasteiger partial charge in [0, 0.05) is 25.9 Å². The molecule has 5 nitrogen and oxygen atoms in total. The number of thioether (sulfide) groups is 1. The Morgan fingerprint density at radius 3 is 2.68 bits per heavy atom. The lowest BCUT2D eigenvalue weighted by molar-refractivity contribution is -0.120.